The minimum Gasteiger partial charge on any atom is -0.381 e. The molecule has 0 spiro atoms. The van der Waals surface area contributed by atoms with E-state index in [-0.39, 0.29) is 17.7 Å². The molecule has 7 heteroatoms. The Balaban J connectivity index is 1.77. The van der Waals surface area contributed by atoms with Crippen LogP contribution in [0.3, 0.4) is 0 Å². The van der Waals surface area contributed by atoms with E-state index in [0.717, 1.165) is 25.7 Å². The molecule has 0 bridgehead atoms. The Morgan fingerprint density at radius 2 is 2.00 bits per heavy atom. The van der Waals surface area contributed by atoms with E-state index in [4.69, 9.17) is 4.74 Å². The molecule has 2 saturated heterocycles. The normalized spacial score (nSPS) is 26.4. The summed E-state index contributed by atoms with van der Waals surface area (Å²) in [6, 6.07) is 0. The summed E-state index contributed by atoms with van der Waals surface area (Å²) >= 11 is 0. The van der Waals surface area contributed by atoms with E-state index in [2.05, 4.69) is 5.32 Å². The lowest BCUT2D eigenvalue weighted by Gasteiger charge is -2.31. The van der Waals surface area contributed by atoms with Gasteiger partial charge >= 0.3 is 0 Å². The van der Waals surface area contributed by atoms with E-state index in [0.29, 0.717) is 32.8 Å². The van der Waals surface area contributed by atoms with Crippen LogP contribution in [0, 0.1) is 11.8 Å². The quantitative estimate of drug-likeness (QED) is 0.805. The molecule has 1 atom stereocenters. The van der Waals surface area contributed by atoms with Gasteiger partial charge in [-0.05, 0) is 31.6 Å². The number of piperidine rings is 1. The molecule has 0 aromatic rings. The van der Waals surface area contributed by atoms with Crippen molar-refractivity contribution in [3.05, 3.63) is 0 Å². The van der Waals surface area contributed by atoms with Crippen LogP contribution in [0.4, 0.5) is 0 Å². The summed E-state index contributed by atoms with van der Waals surface area (Å²) < 4.78 is 29.8. The van der Waals surface area contributed by atoms with Gasteiger partial charge in [0, 0.05) is 38.8 Å². The zero-order chi connectivity index (χ0) is 14.6. The number of carbonyl (C=O) groups is 1. The molecule has 2 aliphatic heterocycles. The number of sulfonamides is 1. The van der Waals surface area contributed by atoms with Gasteiger partial charge in [0.2, 0.25) is 15.9 Å². The molecule has 0 aromatic carbocycles. The topological polar surface area (TPSA) is 75.7 Å². The molecule has 2 rings (SSSR count). The van der Waals surface area contributed by atoms with Gasteiger partial charge in [-0.3, -0.25) is 4.79 Å². The molecule has 0 saturated carbocycles. The first kappa shape index (κ1) is 15.7. The zero-order valence-corrected chi connectivity index (χ0v) is 12.8. The number of nitrogens with one attached hydrogen (secondary N) is 1. The molecule has 116 valence electrons. The van der Waals surface area contributed by atoms with Crippen LogP contribution >= 0.6 is 0 Å². The van der Waals surface area contributed by atoms with E-state index < -0.39 is 10.0 Å². The van der Waals surface area contributed by atoms with Crippen LogP contribution in [0.1, 0.15) is 25.7 Å². The number of hydrogen-bond donors (Lipinski definition) is 1. The Bertz CT molecular complexity index is 432. The lowest BCUT2D eigenvalue weighted by Crippen LogP contribution is -2.44. The first-order valence-electron chi connectivity index (χ1n) is 7.27. The molecule has 1 N–H and O–H groups in total. The molecular weight excluding hydrogens is 280 g/mol. The first-order chi connectivity index (χ1) is 9.47. The van der Waals surface area contributed by atoms with Crippen LogP contribution in [0.5, 0.6) is 0 Å². The number of amides is 1. The van der Waals surface area contributed by atoms with Gasteiger partial charge in [0.05, 0.1) is 6.26 Å². The standard InChI is InChI=1S/C13H24N2O4S/c1-20(17,18)15-6-2-3-11(10-15)9-14-13(16)12-4-7-19-8-5-12/h11-12H,2-10H2,1H3,(H,14,16). The molecule has 1 unspecified atom stereocenters. The van der Waals surface area contributed by atoms with Gasteiger partial charge in [-0.2, -0.15) is 0 Å². The smallest absolute Gasteiger partial charge is 0.223 e. The third-order valence-electron chi connectivity index (χ3n) is 4.11. The molecule has 0 aromatic heterocycles. The maximum Gasteiger partial charge on any atom is 0.223 e. The van der Waals surface area contributed by atoms with Crippen LogP contribution in [-0.4, -0.2) is 57.7 Å². The van der Waals surface area contributed by atoms with Crippen molar-refractivity contribution in [3.63, 3.8) is 0 Å². The maximum atomic E-state index is 12.0. The number of carbonyl (C=O) groups excluding carboxylic acids is 1. The van der Waals surface area contributed by atoms with Crippen molar-refractivity contribution in [2.75, 3.05) is 39.1 Å². The monoisotopic (exact) mass is 304 g/mol. The van der Waals surface area contributed by atoms with E-state index in [1.54, 1.807) is 0 Å². The summed E-state index contributed by atoms with van der Waals surface area (Å²) in [6.45, 7) is 3.01. The van der Waals surface area contributed by atoms with Crippen LogP contribution in [0.25, 0.3) is 0 Å². The number of hydrogen-bond acceptors (Lipinski definition) is 4. The largest absolute Gasteiger partial charge is 0.381 e. The number of rotatable bonds is 4. The van der Waals surface area contributed by atoms with Crippen molar-refractivity contribution in [1.82, 2.24) is 9.62 Å². The highest BCUT2D eigenvalue weighted by Crippen LogP contribution is 2.19. The molecule has 0 aliphatic carbocycles. The van der Waals surface area contributed by atoms with E-state index >= 15 is 0 Å². The van der Waals surface area contributed by atoms with Crippen molar-refractivity contribution in [3.8, 4) is 0 Å². The third-order valence-corrected chi connectivity index (χ3v) is 5.38. The van der Waals surface area contributed by atoms with E-state index in [1.165, 1.54) is 10.6 Å². The summed E-state index contributed by atoms with van der Waals surface area (Å²) in [5, 5.41) is 2.98. The van der Waals surface area contributed by atoms with Crippen molar-refractivity contribution < 1.29 is 17.9 Å². The third kappa shape index (κ3) is 4.43. The number of nitrogens with zero attached hydrogens (tertiary/aromatic N) is 1. The van der Waals surface area contributed by atoms with Crippen LogP contribution in [0.15, 0.2) is 0 Å². The lowest BCUT2D eigenvalue weighted by molar-refractivity contribution is -0.128. The molecular formula is C13H24N2O4S. The van der Waals surface area contributed by atoms with Gasteiger partial charge in [0.1, 0.15) is 0 Å². The molecule has 2 heterocycles. The fraction of sp³-hybridized carbons (Fsp3) is 0.923. The second kappa shape index (κ2) is 6.87. The fourth-order valence-electron chi connectivity index (χ4n) is 2.84. The Hall–Kier alpha value is -0.660. The Kier molecular flexibility index (Phi) is 5.40. The highest BCUT2D eigenvalue weighted by molar-refractivity contribution is 7.88. The van der Waals surface area contributed by atoms with Crippen molar-refractivity contribution in [2.45, 2.75) is 25.7 Å². The SMILES string of the molecule is CS(=O)(=O)N1CCCC(CNC(=O)C2CCOCC2)C1. The molecule has 1 amide bonds. The molecule has 6 nitrogen and oxygen atoms in total. The van der Waals surface area contributed by atoms with Crippen LogP contribution in [0.2, 0.25) is 0 Å². The molecule has 2 fully saturated rings. The van der Waals surface area contributed by atoms with Crippen LogP contribution in [-0.2, 0) is 19.6 Å². The molecule has 20 heavy (non-hydrogen) atoms. The van der Waals surface area contributed by atoms with Gasteiger partial charge < -0.3 is 10.1 Å². The van der Waals surface area contributed by atoms with E-state index in [9.17, 15) is 13.2 Å². The zero-order valence-electron chi connectivity index (χ0n) is 12.0. The van der Waals surface area contributed by atoms with Gasteiger partial charge in [-0.15, -0.1) is 0 Å². The summed E-state index contributed by atoms with van der Waals surface area (Å²) in [4.78, 5) is 12.0. The predicted octanol–water partition coefficient (Wildman–Crippen LogP) is 0.201. The second-order valence-electron chi connectivity index (χ2n) is 5.76. The minimum absolute atomic E-state index is 0.0540. The van der Waals surface area contributed by atoms with Crippen molar-refractivity contribution in [1.29, 1.82) is 0 Å². The summed E-state index contributed by atoms with van der Waals surface area (Å²) in [7, 11) is -3.11. The van der Waals surface area contributed by atoms with Gasteiger partial charge in [0.15, 0.2) is 0 Å². The lowest BCUT2D eigenvalue weighted by atomic mass is 9.97. The second-order valence-corrected chi connectivity index (χ2v) is 7.74. The predicted molar refractivity (Wildman–Crippen MR) is 75.7 cm³/mol. The highest BCUT2D eigenvalue weighted by atomic mass is 32.2. The molecule has 2 aliphatic rings. The van der Waals surface area contributed by atoms with Crippen LogP contribution < -0.4 is 5.32 Å². The average molecular weight is 304 g/mol. The summed E-state index contributed by atoms with van der Waals surface area (Å²) in [5.41, 5.74) is 0. The summed E-state index contributed by atoms with van der Waals surface area (Å²) in [5.74, 6) is 0.366. The Labute approximate surface area is 120 Å². The van der Waals surface area contributed by atoms with Crippen molar-refractivity contribution in [2.24, 2.45) is 11.8 Å². The van der Waals surface area contributed by atoms with E-state index in [1.807, 2.05) is 0 Å². The highest BCUT2D eigenvalue weighted by Gasteiger charge is 2.27. The Morgan fingerprint density at radius 1 is 1.30 bits per heavy atom. The minimum atomic E-state index is -3.11. The van der Waals surface area contributed by atoms with Gasteiger partial charge in [0.25, 0.3) is 0 Å². The fourth-order valence-corrected chi connectivity index (χ4v) is 3.79. The first-order valence-corrected chi connectivity index (χ1v) is 9.12. The summed E-state index contributed by atoms with van der Waals surface area (Å²) in [6.07, 6.45) is 4.65. The average Bonchev–Trinajstić information content (AvgIpc) is 2.45. The Morgan fingerprint density at radius 3 is 2.65 bits per heavy atom. The van der Waals surface area contributed by atoms with Crippen molar-refractivity contribution >= 4 is 15.9 Å². The maximum absolute atomic E-state index is 12.0. The molecule has 0 radical (unpaired) electrons. The van der Waals surface area contributed by atoms with Gasteiger partial charge in [-0.25, -0.2) is 12.7 Å². The van der Waals surface area contributed by atoms with Gasteiger partial charge in [-0.1, -0.05) is 0 Å². The number of ether oxygens (including phenoxy) is 1.